The number of hydrogen-bond acceptors (Lipinski definition) is 3. The van der Waals surface area contributed by atoms with Crippen LogP contribution in [-0.2, 0) is 11.2 Å². The van der Waals surface area contributed by atoms with Gasteiger partial charge in [-0.2, -0.15) is 0 Å². The minimum Gasteiger partial charge on any atom is -0.480 e. The third-order valence-corrected chi connectivity index (χ3v) is 3.96. The molecule has 0 aliphatic heterocycles. The number of aryl methyl sites for hydroxylation is 2. The second kappa shape index (κ2) is 5.82. The zero-order valence-electron chi connectivity index (χ0n) is 10.2. The molecule has 1 atom stereocenters. The molecule has 1 rings (SSSR count). The molecule has 1 unspecified atom stereocenters. The van der Waals surface area contributed by atoms with Crippen molar-refractivity contribution in [3.8, 4) is 0 Å². The maximum absolute atomic E-state index is 11.8. The average Bonchev–Trinajstić information content (AvgIpc) is 2.66. The third kappa shape index (κ3) is 3.30. The molecule has 5 heteroatoms. The molecule has 1 amide bonds. The fourth-order valence-corrected chi connectivity index (χ4v) is 2.57. The van der Waals surface area contributed by atoms with Crippen LogP contribution in [0.4, 0.5) is 0 Å². The Bertz CT molecular complexity index is 425. The number of aliphatic carboxylic acids is 1. The Labute approximate surface area is 105 Å². The maximum Gasteiger partial charge on any atom is 0.326 e. The standard InChI is InChI=1S/C12H17NO3S/c1-4-8(12(15)16)13-11(14)10-6-7(3)9(5-2)17-10/h6,8H,4-5H2,1-3H3,(H,13,14)(H,15,16). The molecule has 0 saturated carbocycles. The normalized spacial score (nSPS) is 12.2. The van der Waals surface area contributed by atoms with Crippen molar-refractivity contribution < 1.29 is 14.7 Å². The van der Waals surface area contributed by atoms with E-state index in [1.54, 1.807) is 6.92 Å². The van der Waals surface area contributed by atoms with E-state index in [-0.39, 0.29) is 5.91 Å². The molecule has 0 radical (unpaired) electrons. The van der Waals surface area contributed by atoms with Crippen molar-refractivity contribution in [2.45, 2.75) is 39.7 Å². The molecule has 1 aromatic rings. The van der Waals surface area contributed by atoms with Crippen LogP contribution in [0, 0.1) is 6.92 Å². The molecule has 0 aliphatic carbocycles. The molecule has 0 aromatic carbocycles. The van der Waals surface area contributed by atoms with E-state index < -0.39 is 12.0 Å². The van der Waals surface area contributed by atoms with Crippen molar-refractivity contribution in [1.82, 2.24) is 5.32 Å². The number of nitrogens with one attached hydrogen (secondary N) is 1. The largest absolute Gasteiger partial charge is 0.480 e. The van der Waals surface area contributed by atoms with E-state index in [4.69, 9.17) is 5.11 Å². The summed E-state index contributed by atoms with van der Waals surface area (Å²) in [6.45, 7) is 5.73. The van der Waals surface area contributed by atoms with Gasteiger partial charge in [-0.25, -0.2) is 4.79 Å². The summed E-state index contributed by atoms with van der Waals surface area (Å²) in [5.74, 6) is -1.29. The van der Waals surface area contributed by atoms with Crippen LogP contribution in [0.1, 0.15) is 40.4 Å². The van der Waals surface area contributed by atoms with Crippen LogP contribution in [-0.4, -0.2) is 23.0 Å². The number of carbonyl (C=O) groups excluding carboxylic acids is 1. The summed E-state index contributed by atoms with van der Waals surface area (Å²) in [6.07, 6.45) is 1.27. The number of hydrogen-bond donors (Lipinski definition) is 2. The van der Waals surface area contributed by atoms with Crippen molar-refractivity contribution in [3.05, 3.63) is 21.4 Å². The van der Waals surface area contributed by atoms with Gasteiger partial charge in [-0.15, -0.1) is 11.3 Å². The van der Waals surface area contributed by atoms with E-state index >= 15 is 0 Å². The van der Waals surface area contributed by atoms with Gasteiger partial charge in [0.05, 0.1) is 4.88 Å². The molecule has 0 aliphatic rings. The summed E-state index contributed by atoms with van der Waals surface area (Å²) < 4.78 is 0. The summed E-state index contributed by atoms with van der Waals surface area (Å²) in [7, 11) is 0. The molecule has 0 spiro atoms. The van der Waals surface area contributed by atoms with Crippen molar-refractivity contribution in [3.63, 3.8) is 0 Å². The maximum atomic E-state index is 11.8. The van der Waals surface area contributed by atoms with Gasteiger partial charge in [-0.05, 0) is 31.4 Å². The van der Waals surface area contributed by atoms with Crippen molar-refractivity contribution in [2.75, 3.05) is 0 Å². The molecular formula is C12H17NO3S. The Morgan fingerprint density at radius 2 is 2.12 bits per heavy atom. The van der Waals surface area contributed by atoms with Crippen molar-refractivity contribution in [1.29, 1.82) is 0 Å². The van der Waals surface area contributed by atoms with Crippen LogP contribution < -0.4 is 5.32 Å². The SMILES string of the molecule is CCc1sc(C(=O)NC(CC)C(=O)O)cc1C. The smallest absolute Gasteiger partial charge is 0.326 e. The molecular weight excluding hydrogens is 238 g/mol. The first-order valence-corrected chi connectivity index (χ1v) is 6.44. The molecule has 1 aromatic heterocycles. The van der Waals surface area contributed by atoms with Crippen LogP contribution in [0.15, 0.2) is 6.07 Å². The lowest BCUT2D eigenvalue weighted by molar-refractivity contribution is -0.139. The van der Waals surface area contributed by atoms with E-state index in [2.05, 4.69) is 5.32 Å². The first-order chi connectivity index (χ1) is 7.99. The van der Waals surface area contributed by atoms with Gasteiger partial charge in [0.15, 0.2) is 0 Å². The lowest BCUT2D eigenvalue weighted by Crippen LogP contribution is -2.39. The Morgan fingerprint density at radius 1 is 1.47 bits per heavy atom. The molecule has 0 bridgehead atoms. The minimum atomic E-state index is -0.996. The summed E-state index contributed by atoms with van der Waals surface area (Å²) in [4.78, 5) is 24.4. The molecule has 1 heterocycles. The second-order valence-corrected chi connectivity index (χ2v) is 4.98. The lowest BCUT2D eigenvalue weighted by atomic mass is 10.2. The van der Waals surface area contributed by atoms with Crippen LogP contribution in [0.2, 0.25) is 0 Å². The number of rotatable bonds is 5. The van der Waals surface area contributed by atoms with Gasteiger partial charge in [0, 0.05) is 4.88 Å². The molecule has 0 fully saturated rings. The number of carbonyl (C=O) groups is 2. The van der Waals surface area contributed by atoms with Crippen molar-refractivity contribution >= 4 is 23.2 Å². The molecule has 17 heavy (non-hydrogen) atoms. The van der Waals surface area contributed by atoms with Crippen molar-refractivity contribution in [2.24, 2.45) is 0 Å². The lowest BCUT2D eigenvalue weighted by Gasteiger charge is -2.10. The van der Waals surface area contributed by atoms with Crippen LogP contribution in [0.5, 0.6) is 0 Å². The average molecular weight is 255 g/mol. The van der Waals surface area contributed by atoms with Gasteiger partial charge in [0.25, 0.3) is 5.91 Å². The number of amides is 1. The second-order valence-electron chi connectivity index (χ2n) is 3.84. The quantitative estimate of drug-likeness (QED) is 0.847. The van der Waals surface area contributed by atoms with Crippen LogP contribution in [0.3, 0.4) is 0 Å². The number of thiophene rings is 1. The molecule has 94 valence electrons. The summed E-state index contributed by atoms with van der Waals surface area (Å²) >= 11 is 1.43. The van der Waals surface area contributed by atoms with E-state index in [1.807, 2.05) is 19.9 Å². The number of carboxylic acids is 1. The molecule has 0 saturated heterocycles. The Balaban J connectivity index is 2.78. The van der Waals surface area contributed by atoms with Gasteiger partial charge in [0.2, 0.25) is 0 Å². The first kappa shape index (κ1) is 13.7. The Hall–Kier alpha value is -1.36. The third-order valence-electron chi connectivity index (χ3n) is 2.58. The summed E-state index contributed by atoms with van der Waals surface area (Å²) in [5.41, 5.74) is 1.09. The van der Waals surface area contributed by atoms with Gasteiger partial charge >= 0.3 is 5.97 Å². The van der Waals surface area contributed by atoms with Gasteiger partial charge < -0.3 is 10.4 Å². The fourth-order valence-electron chi connectivity index (χ4n) is 1.55. The zero-order valence-corrected chi connectivity index (χ0v) is 11.1. The zero-order chi connectivity index (χ0) is 13.0. The van der Waals surface area contributed by atoms with Crippen LogP contribution >= 0.6 is 11.3 Å². The molecule has 2 N–H and O–H groups in total. The molecule has 4 nitrogen and oxygen atoms in total. The highest BCUT2D eigenvalue weighted by Crippen LogP contribution is 2.22. The van der Waals surface area contributed by atoms with Gasteiger partial charge in [-0.3, -0.25) is 4.79 Å². The van der Waals surface area contributed by atoms with E-state index in [0.29, 0.717) is 11.3 Å². The van der Waals surface area contributed by atoms with Gasteiger partial charge in [-0.1, -0.05) is 13.8 Å². The minimum absolute atomic E-state index is 0.299. The predicted molar refractivity (Wildman–Crippen MR) is 67.6 cm³/mol. The topological polar surface area (TPSA) is 66.4 Å². The van der Waals surface area contributed by atoms with Crippen LogP contribution in [0.25, 0.3) is 0 Å². The Kier molecular flexibility index (Phi) is 4.69. The van der Waals surface area contributed by atoms with E-state index in [0.717, 1.165) is 12.0 Å². The fraction of sp³-hybridized carbons (Fsp3) is 0.500. The first-order valence-electron chi connectivity index (χ1n) is 5.62. The summed E-state index contributed by atoms with van der Waals surface area (Å²) in [5, 5.41) is 11.4. The van der Waals surface area contributed by atoms with Gasteiger partial charge in [0.1, 0.15) is 6.04 Å². The predicted octanol–water partition coefficient (Wildman–Crippen LogP) is 2.21. The highest BCUT2D eigenvalue weighted by molar-refractivity contribution is 7.14. The summed E-state index contributed by atoms with van der Waals surface area (Å²) in [6, 6.07) is 1.00. The van der Waals surface area contributed by atoms with E-state index in [1.165, 1.54) is 16.2 Å². The van der Waals surface area contributed by atoms with E-state index in [9.17, 15) is 9.59 Å². The highest BCUT2D eigenvalue weighted by atomic mass is 32.1. The monoisotopic (exact) mass is 255 g/mol. The number of carboxylic acid groups (broad SMARTS) is 1. The Morgan fingerprint density at radius 3 is 2.53 bits per heavy atom. The highest BCUT2D eigenvalue weighted by Gasteiger charge is 2.20.